The molecule has 4 aromatic rings. The largest absolute Gasteiger partial charge is 0.213 e. The first kappa shape index (κ1) is 12.6. The third-order valence-electron chi connectivity index (χ3n) is 3.27. The zero-order valence-corrected chi connectivity index (χ0v) is 12.5. The summed E-state index contributed by atoms with van der Waals surface area (Å²) in [4.78, 5) is 5.44. The maximum atomic E-state index is 6.22. The molecule has 0 bridgehead atoms. The van der Waals surface area contributed by atoms with E-state index >= 15 is 0 Å². The maximum Gasteiger partial charge on any atom is 0.213 e. The molecule has 0 spiro atoms. The Bertz CT molecular complexity index is 912. The number of halogens is 1. The number of nitrogens with zero attached hydrogens (tertiary/aromatic N) is 3. The molecule has 21 heavy (non-hydrogen) atoms. The first-order chi connectivity index (χ1) is 10.3. The van der Waals surface area contributed by atoms with Crippen molar-refractivity contribution in [2.24, 2.45) is 0 Å². The summed E-state index contributed by atoms with van der Waals surface area (Å²) in [5, 5.41) is 7.35. The van der Waals surface area contributed by atoms with Gasteiger partial charge in [-0.25, -0.2) is 4.52 Å². The number of rotatable bonds is 2. The van der Waals surface area contributed by atoms with Gasteiger partial charge in [-0.1, -0.05) is 54.1 Å². The fraction of sp³-hybridized carbons (Fsp3) is 0. The fourth-order valence-electron chi connectivity index (χ4n) is 2.25. The molecule has 3 nitrogen and oxygen atoms in total. The van der Waals surface area contributed by atoms with E-state index in [1.54, 1.807) is 11.3 Å². The van der Waals surface area contributed by atoms with Gasteiger partial charge in [0, 0.05) is 16.5 Å². The fourth-order valence-corrected chi connectivity index (χ4v) is 3.30. The van der Waals surface area contributed by atoms with Crippen LogP contribution in [0.1, 0.15) is 0 Å². The van der Waals surface area contributed by atoms with E-state index < -0.39 is 0 Å². The SMILES string of the molecule is Clc1ccccc1-c1nc2scc(-c3ccccc3)n2n1. The molecule has 0 amide bonds. The molecule has 0 aliphatic heterocycles. The lowest BCUT2D eigenvalue weighted by Crippen LogP contribution is -1.89. The van der Waals surface area contributed by atoms with Crippen LogP contribution in [0.15, 0.2) is 60.0 Å². The van der Waals surface area contributed by atoms with Crippen molar-refractivity contribution in [2.75, 3.05) is 0 Å². The van der Waals surface area contributed by atoms with Crippen molar-refractivity contribution in [1.82, 2.24) is 14.6 Å². The monoisotopic (exact) mass is 311 g/mol. The predicted octanol–water partition coefficient (Wildman–Crippen LogP) is 4.78. The van der Waals surface area contributed by atoms with Gasteiger partial charge in [0.1, 0.15) is 0 Å². The summed E-state index contributed by atoms with van der Waals surface area (Å²) < 4.78 is 1.87. The van der Waals surface area contributed by atoms with E-state index in [-0.39, 0.29) is 0 Å². The molecule has 102 valence electrons. The van der Waals surface area contributed by atoms with Crippen LogP contribution in [0.2, 0.25) is 5.02 Å². The van der Waals surface area contributed by atoms with Crippen LogP contribution < -0.4 is 0 Å². The lowest BCUT2D eigenvalue weighted by Gasteiger charge is -1.99. The molecule has 0 saturated heterocycles. The molecule has 0 atom stereocenters. The Labute approximate surface area is 130 Å². The molecule has 0 aliphatic rings. The standard InChI is InChI=1S/C16H10ClN3S/c17-13-9-5-4-8-12(13)15-18-16-20(19-15)14(10-21-16)11-6-2-1-3-7-11/h1-10H. The summed E-state index contributed by atoms with van der Waals surface area (Å²) in [6.07, 6.45) is 0. The third-order valence-corrected chi connectivity index (χ3v) is 4.41. The molecule has 0 unspecified atom stereocenters. The molecule has 5 heteroatoms. The Kier molecular flexibility index (Phi) is 2.98. The molecule has 2 heterocycles. The van der Waals surface area contributed by atoms with Crippen LogP contribution >= 0.6 is 22.9 Å². The average molecular weight is 312 g/mol. The highest BCUT2D eigenvalue weighted by molar-refractivity contribution is 7.15. The van der Waals surface area contributed by atoms with E-state index in [1.165, 1.54) is 0 Å². The number of aromatic nitrogens is 3. The number of hydrogen-bond acceptors (Lipinski definition) is 3. The summed E-state index contributed by atoms with van der Waals surface area (Å²) in [5.74, 6) is 0.657. The first-order valence-electron chi connectivity index (χ1n) is 6.47. The van der Waals surface area contributed by atoms with Gasteiger partial charge in [0.2, 0.25) is 4.96 Å². The van der Waals surface area contributed by atoms with Gasteiger partial charge in [-0.05, 0) is 12.1 Å². The van der Waals surface area contributed by atoms with Crippen LogP contribution in [0.3, 0.4) is 0 Å². The number of thiazole rings is 1. The summed E-state index contributed by atoms with van der Waals surface area (Å²) in [6.45, 7) is 0. The van der Waals surface area contributed by atoms with Gasteiger partial charge in [-0.15, -0.1) is 16.4 Å². The predicted molar refractivity (Wildman–Crippen MR) is 86.7 cm³/mol. The summed E-state index contributed by atoms with van der Waals surface area (Å²) in [5.41, 5.74) is 3.02. The molecular weight excluding hydrogens is 302 g/mol. The van der Waals surface area contributed by atoms with Crippen molar-refractivity contribution in [1.29, 1.82) is 0 Å². The van der Waals surface area contributed by atoms with Crippen molar-refractivity contribution in [3.8, 4) is 22.6 Å². The smallest absolute Gasteiger partial charge is 0.203 e. The van der Waals surface area contributed by atoms with Crippen LogP contribution in [0.25, 0.3) is 27.6 Å². The number of hydrogen-bond donors (Lipinski definition) is 0. The van der Waals surface area contributed by atoms with E-state index in [1.807, 2.05) is 47.0 Å². The van der Waals surface area contributed by atoms with Crippen molar-refractivity contribution in [3.05, 3.63) is 65.0 Å². The molecule has 2 aromatic heterocycles. The summed E-state index contributed by atoms with van der Waals surface area (Å²) >= 11 is 7.80. The molecule has 0 fully saturated rings. The van der Waals surface area contributed by atoms with Crippen LogP contribution in [-0.4, -0.2) is 14.6 Å². The van der Waals surface area contributed by atoms with Gasteiger partial charge in [0.05, 0.1) is 10.7 Å². The Morgan fingerprint density at radius 3 is 2.52 bits per heavy atom. The second-order valence-corrected chi connectivity index (χ2v) is 5.84. The van der Waals surface area contributed by atoms with E-state index in [9.17, 15) is 0 Å². The minimum absolute atomic E-state index is 0.657. The molecule has 4 rings (SSSR count). The maximum absolute atomic E-state index is 6.22. The van der Waals surface area contributed by atoms with Crippen molar-refractivity contribution < 1.29 is 0 Å². The lowest BCUT2D eigenvalue weighted by atomic mass is 10.2. The zero-order chi connectivity index (χ0) is 14.2. The summed E-state index contributed by atoms with van der Waals surface area (Å²) in [6, 6.07) is 17.8. The van der Waals surface area contributed by atoms with Crippen molar-refractivity contribution >= 4 is 27.9 Å². The molecule has 0 saturated carbocycles. The van der Waals surface area contributed by atoms with Gasteiger partial charge in [0.25, 0.3) is 0 Å². The zero-order valence-electron chi connectivity index (χ0n) is 10.9. The van der Waals surface area contributed by atoms with Gasteiger partial charge in [-0.2, -0.15) is 4.98 Å². The first-order valence-corrected chi connectivity index (χ1v) is 7.73. The highest BCUT2D eigenvalue weighted by Crippen LogP contribution is 2.29. The second kappa shape index (κ2) is 4.98. The quantitative estimate of drug-likeness (QED) is 0.533. The molecule has 0 N–H and O–H groups in total. The Morgan fingerprint density at radius 1 is 0.952 bits per heavy atom. The van der Waals surface area contributed by atoms with E-state index in [0.29, 0.717) is 10.8 Å². The van der Waals surface area contributed by atoms with Gasteiger partial charge in [-0.3, -0.25) is 0 Å². The van der Waals surface area contributed by atoms with Gasteiger partial charge >= 0.3 is 0 Å². The van der Waals surface area contributed by atoms with Crippen LogP contribution in [-0.2, 0) is 0 Å². The van der Waals surface area contributed by atoms with Crippen molar-refractivity contribution in [2.45, 2.75) is 0 Å². The van der Waals surface area contributed by atoms with E-state index in [0.717, 1.165) is 21.8 Å². The molecular formula is C16H10ClN3S. The second-order valence-electron chi connectivity index (χ2n) is 4.60. The van der Waals surface area contributed by atoms with Gasteiger partial charge in [0.15, 0.2) is 5.82 Å². The van der Waals surface area contributed by atoms with Crippen LogP contribution in [0.4, 0.5) is 0 Å². The Balaban J connectivity index is 1.89. The summed E-state index contributed by atoms with van der Waals surface area (Å²) in [7, 11) is 0. The van der Waals surface area contributed by atoms with E-state index in [2.05, 4.69) is 27.6 Å². The molecule has 2 aromatic carbocycles. The van der Waals surface area contributed by atoms with Gasteiger partial charge < -0.3 is 0 Å². The Hall–Kier alpha value is -2.17. The Morgan fingerprint density at radius 2 is 1.71 bits per heavy atom. The minimum Gasteiger partial charge on any atom is -0.203 e. The van der Waals surface area contributed by atoms with Crippen LogP contribution in [0.5, 0.6) is 0 Å². The minimum atomic E-state index is 0.657. The highest BCUT2D eigenvalue weighted by atomic mass is 35.5. The number of benzene rings is 2. The van der Waals surface area contributed by atoms with Crippen molar-refractivity contribution in [3.63, 3.8) is 0 Å². The van der Waals surface area contributed by atoms with Crippen LogP contribution in [0, 0.1) is 0 Å². The molecule has 0 radical (unpaired) electrons. The number of fused-ring (bicyclic) bond motifs is 1. The lowest BCUT2D eigenvalue weighted by molar-refractivity contribution is 0.990. The third kappa shape index (κ3) is 2.13. The topological polar surface area (TPSA) is 30.2 Å². The highest BCUT2D eigenvalue weighted by Gasteiger charge is 2.14. The van der Waals surface area contributed by atoms with E-state index in [4.69, 9.17) is 11.6 Å². The average Bonchev–Trinajstić information content (AvgIpc) is 3.08. The molecule has 0 aliphatic carbocycles. The normalized spacial score (nSPS) is 11.1.